The van der Waals surface area contributed by atoms with Crippen LogP contribution in [0.3, 0.4) is 0 Å². The third-order valence-corrected chi connectivity index (χ3v) is 3.04. The van der Waals surface area contributed by atoms with Gasteiger partial charge < -0.3 is 20.5 Å². The van der Waals surface area contributed by atoms with Crippen molar-refractivity contribution in [2.45, 2.75) is 12.8 Å². The number of benzene rings is 1. The molecule has 1 aromatic rings. The molecule has 0 aliphatic heterocycles. The number of carbonyl (C=O) groups excluding carboxylic acids is 1. The molecule has 20 heavy (non-hydrogen) atoms. The van der Waals surface area contributed by atoms with Crippen molar-refractivity contribution in [1.82, 2.24) is 10.6 Å². The highest BCUT2D eigenvalue weighted by molar-refractivity contribution is 14.1. The summed E-state index contributed by atoms with van der Waals surface area (Å²) in [6, 6.07) is 7.31. The van der Waals surface area contributed by atoms with Crippen LogP contribution >= 0.6 is 22.6 Å². The molecule has 6 nitrogen and oxygen atoms in total. The molecular formula is C13H17IN2O4. The minimum atomic E-state index is -0.863. The molecule has 0 unspecified atom stereocenters. The van der Waals surface area contributed by atoms with E-state index in [1.54, 1.807) is 0 Å². The third-order valence-electron chi connectivity index (χ3n) is 2.32. The van der Waals surface area contributed by atoms with Gasteiger partial charge in [-0.25, -0.2) is 4.79 Å². The Morgan fingerprint density at radius 1 is 1.15 bits per heavy atom. The van der Waals surface area contributed by atoms with Gasteiger partial charge in [-0.1, -0.05) is 0 Å². The normalized spacial score (nSPS) is 9.85. The maximum atomic E-state index is 11.3. The second-order valence-corrected chi connectivity index (χ2v) is 5.23. The van der Waals surface area contributed by atoms with Gasteiger partial charge in [-0.15, -0.1) is 0 Å². The third kappa shape index (κ3) is 7.82. The quantitative estimate of drug-likeness (QED) is 0.466. The summed E-state index contributed by atoms with van der Waals surface area (Å²) in [7, 11) is 0. The first-order valence-electron chi connectivity index (χ1n) is 6.20. The lowest BCUT2D eigenvalue weighted by atomic mass is 10.3. The van der Waals surface area contributed by atoms with Gasteiger partial charge in [-0.05, 0) is 53.3 Å². The Hall–Kier alpha value is -1.51. The summed E-state index contributed by atoms with van der Waals surface area (Å²) in [4.78, 5) is 21.6. The van der Waals surface area contributed by atoms with Gasteiger partial charge in [0.2, 0.25) is 0 Å². The number of ether oxygens (including phenoxy) is 1. The summed E-state index contributed by atoms with van der Waals surface area (Å²) >= 11 is 2.21. The number of carbonyl (C=O) groups is 2. The lowest BCUT2D eigenvalue weighted by Crippen LogP contribution is -2.38. The van der Waals surface area contributed by atoms with Crippen molar-refractivity contribution in [2.75, 3.05) is 19.7 Å². The number of aliphatic carboxylic acids is 1. The van der Waals surface area contributed by atoms with Crippen molar-refractivity contribution < 1.29 is 19.4 Å². The number of hydrogen-bond donors (Lipinski definition) is 3. The molecule has 0 saturated heterocycles. The smallest absolute Gasteiger partial charge is 0.314 e. The number of amides is 2. The standard InChI is InChI=1S/C13H17IN2O4/c14-10-3-5-11(6-4-10)20-9-8-16-13(19)15-7-1-2-12(17)18/h3-6H,1-2,7-9H2,(H,17,18)(H2,15,16,19). The first-order valence-corrected chi connectivity index (χ1v) is 7.27. The zero-order chi connectivity index (χ0) is 14.8. The average molecular weight is 392 g/mol. The number of halogens is 1. The Morgan fingerprint density at radius 2 is 1.80 bits per heavy atom. The molecule has 0 bridgehead atoms. The lowest BCUT2D eigenvalue weighted by Gasteiger charge is -2.08. The summed E-state index contributed by atoms with van der Waals surface area (Å²) in [6.07, 6.45) is 0.470. The molecule has 0 atom stereocenters. The molecule has 2 amide bonds. The molecule has 0 saturated carbocycles. The first kappa shape index (κ1) is 16.5. The summed E-state index contributed by atoms with van der Waals surface area (Å²) in [5.74, 6) is -0.104. The number of carboxylic acids is 1. The average Bonchev–Trinajstić information content (AvgIpc) is 2.41. The monoisotopic (exact) mass is 392 g/mol. The van der Waals surface area contributed by atoms with E-state index in [1.807, 2.05) is 24.3 Å². The summed E-state index contributed by atoms with van der Waals surface area (Å²) in [5, 5.41) is 13.6. The fourth-order valence-corrected chi connectivity index (χ4v) is 1.73. The predicted molar refractivity (Wildman–Crippen MR) is 82.9 cm³/mol. The van der Waals surface area contributed by atoms with Gasteiger partial charge in [-0.3, -0.25) is 4.79 Å². The van der Waals surface area contributed by atoms with Crippen LogP contribution in [0.5, 0.6) is 5.75 Å². The highest BCUT2D eigenvalue weighted by Gasteiger charge is 2.01. The highest BCUT2D eigenvalue weighted by atomic mass is 127. The SMILES string of the molecule is O=C(O)CCCNC(=O)NCCOc1ccc(I)cc1. The Bertz CT molecular complexity index is 437. The predicted octanol–water partition coefficient (Wildman–Crippen LogP) is 1.83. The summed E-state index contributed by atoms with van der Waals surface area (Å²) in [5.41, 5.74) is 0. The molecule has 0 aliphatic carbocycles. The first-order chi connectivity index (χ1) is 9.58. The van der Waals surface area contributed by atoms with E-state index < -0.39 is 5.97 Å². The van der Waals surface area contributed by atoms with Crippen LogP contribution < -0.4 is 15.4 Å². The van der Waals surface area contributed by atoms with Crippen LogP contribution in [-0.2, 0) is 4.79 Å². The molecule has 0 heterocycles. The molecule has 1 rings (SSSR count). The lowest BCUT2D eigenvalue weighted by molar-refractivity contribution is -0.137. The van der Waals surface area contributed by atoms with Crippen molar-refractivity contribution in [3.63, 3.8) is 0 Å². The van der Waals surface area contributed by atoms with Crippen LogP contribution in [0.2, 0.25) is 0 Å². The molecule has 110 valence electrons. The number of hydrogen-bond acceptors (Lipinski definition) is 3. The van der Waals surface area contributed by atoms with Gasteiger partial charge in [0.15, 0.2) is 0 Å². The summed E-state index contributed by atoms with van der Waals surface area (Å²) < 4.78 is 6.58. The Balaban J connectivity index is 2.04. The van der Waals surface area contributed by atoms with Crippen LogP contribution in [0.25, 0.3) is 0 Å². The summed E-state index contributed by atoms with van der Waals surface area (Å²) in [6.45, 7) is 1.11. The van der Waals surface area contributed by atoms with Gasteiger partial charge in [0, 0.05) is 16.5 Å². The number of rotatable bonds is 8. The van der Waals surface area contributed by atoms with Gasteiger partial charge in [0.05, 0.1) is 6.54 Å². The van der Waals surface area contributed by atoms with Crippen molar-refractivity contribution in [1.29, 1.82) is 0 Å². The van der Waals surface area contributed by atoms with Gasteiger partial charge >= 0.3 is 12.0 Å². The van der Waals surface area contributed by atoms with Gasteiger partial charge in [0.25, 0.3) is 0 Å². The molecular weight excluding hydrogens is 375 g/mol. The maximum Gasteiger partial charge on any atom is 0.314 e. The zero-order valence-electron chi connectivity index (χ0n) is 10.9. The number of nitrogens with one attached hydrogen (secondary N) is 2. The van der Waals surface area contributed by atoms with Crippen molar-refractivity contribution in [2.24, 2.45) is 0 Å². The second-order valence-electron chi connectivity index (χ2n) is 3.98. The molecule has 7 heteroatoms. The van der Waals surface area contributed by atoms with E-state index in [0.29, 0.717) is 26.1 Å². The molecule has 0 spiro atoms. The Morgan fingerprint density at radius 3 is 2.45 bits per heavy atom. The molecule has 0 aromatic heterocycles. The van der Waals surface area contributed by atoms with E-state index >= 15 is 0 Å². The van der Waals surface area contributed by atoms with Crippen molar-refractivity contribution in [3.05, 3.63) is 27.8 Å². The molecule has 0 radical (unpaired) electrons. The number of urea groups is 1. The molecule has 3 N–H and O–H groups in total. The number of carboxylic acid groups (broad SMARTS) is 1. The van der Waals surface area contributed by atoms with Crippen LogP contribution in [0.15, 0.2) is 24.3 Å². The van der Waals surface area contributed by atoms with Crippen LogP contribution in [-0.4, -0.2) is 36.8 Å². The Labute approximate surface area is 131 Å². The van der Waals surface area contributed by atoms with E-state index in [1.165, 1.54) is 0 Å². The fourth-order valence-electron chi connectivity index (χ4n) is 1.37. The minimum Gasteiger partial charge on any atom is -0.492 e. The molecule has 0 fully saturated rings. The van der Waals surface area contributed by atoms with Crippen molar-refractivity contribution >= 4 is 34.6 Å². The van der Waals surface area contributed by atoms with E-state index in [9.17, 15) is 9.59 Å². The van der Waals surface area contributed by atoms with E-state index in [4.69, 9.17) is 9.84 Å². The highest BCUT2D eigenvalue weighted by Crippen LogP contribution is 2.12. The van der Waals surface area contributed by atoms with Gasteiger partial charge in [0.1, 0.15) is 12.4 Å². The van der Waals surface area contributed by atoms with Crippen LogP contribution in [0.4, 0.5) is 4.79 Å². The second kappa shape index (κ2) is 9.40. The van der Waals surface area contributed by atoms with Crippen LogP contribution in [0, 0.1) is 3.57 Å². The molecule has 0 aliphatic rings. The Kier molecular flexibility index (Phi) is 7.78. The fraction of sp³-hybridized carbons (Fsp3) is 0.385. The maximum absolute atomic E-state index is 11.3. The van der Waals surface area contributed by atoms with E-state index in [0.717, 1.165) is 9.32 Å². The molecule has 1 aromatic carbocycles. The van der Waals surface area contributed by atoms with Crippen molar-refractivity contribution in [3.8, 4) is 5.75 Å². The van der Waals surface area contributed by atoms with Crippen LogP contribution in [0.1, 0.15) is 12.8 Å². The largest absolute Gasteiger partial charge is 0.492 e. The zero-order valence-corrected chi connectivity index (χ0v) is 13.1. The topological polar surface area (TPSA) is 87.7 Å². The van der Waals surface area contributed by atoms with E-state index in [2.05, 4.69) is 33.2 Å². The minimum absolute atomic E-state index is 0.0518. The van der Waals surface area contributed by atoms with Gasteiger partial charge in [-0.2, -0.15) is 0 Å². The van der Waals surface area contributed by atoms with E-state index in [-0.39, 0.29) is 12.5 Å².